The summed E-state index contributed by atoms with van der Waals surface area (Å²) in [6.07, 6.45) is 2.02. The highest BCUT2D eigenvalue weighted by Crippen LogP contribution is 2.18. The van der Waals surface area contributed by atoms with Gasteiger partial charge in [0.15, 0.2) is 0 Å². The summed E-state index contributed by atoms with van der Waals surface area (Å²) in [6.45, 7) is 0.222. The first kappa shape index (κ1) is 14.3. The van der Waals surface area contributed by atoms with Crippen molar-refractivity contribution in [2.24, 2.45) is 0 Å². The molecular weight excluding hydrogens is 240 g/mol. The zero-order chi connectivity index (χ0) is 13.7. The molecule has 0 aromatic heterocycles. The third-order valence-corrected chi connectivity index (χ3v) is 2.95. The summed E-state index contributed by atoms with van der Waals surface area (Å²) in [5.41, 5.74) is 0. The molecule has 1 aliphatic rings. The maximum absolute atomic E-state index is 12.0. The Morgan fingerprint density at radius 3 is 2.61 bits per heavy atom. The summed E-state index contributed by atoms with van der Waals surface area (Å²) < 4.78 is 4.46. The summed E-state index contributed by atoms with van der Waals surface area (Å²) in [6, 6.07) is -1.25. The van der Waals surface area contributed by atoms with Crippen LogP contribution in [0.1, 0.15) is 19.3 Å². The van der Waals surface area contributed by atoms with Crippen molar-refractivity contribution < 1.29 is 24.2 Å². The number of carboxylic acids is 1. The number of esters is 1. The molecule has 0 aromatic carbocycles. The van der Waals surface area contributed by atoms with E-state index in [0.717, 1.165) is 12.8 Å². The van der Waals surface area contributed by atoms with Crippen LogP contribution in [0.2, 0.25) is 0 Å². The summed E-state index contributed by atoms with van der Waals surface area (Å²) in [5.74, 6) is -1.54. The summed E-state index contributed by atoms with van der Waals surface area (Å²) in [4.78, 5) is 36.7. The molecule has 102 valence electrons. The Balaban J connectivity index is 2.68. The van der Waals surface area contributed by atoms with Gasteiger partial charge in [0, 0.05) is 13.6 Å². The Morgan fingerprint density at radius 1 is 1.39 bits per heavy atom. The van der Waals surface area contributed by atoms with E-state index in [1.54, 1.807) is 0 Å². The molecule has 1 fully saturated rings. The number of nitrogens with zero attached hydrogens (tertiary/aromatic N) is 2. The van der Waals surface area contributed by atoms with Crippen molar-refractivity contribution in [1.82, 2.24) is 9.80 Å². The van der Waals surface area contributed by atoms with Crippen LogP contribution >= 0.6 is 0 Å². The third-order valence-electron chi connectivity index (χ3n) is 2.95. The molecule has 1 rings (SSSR count). The van der Waals surface area contributed by atoms with Crippen LogP contribution in [0.4, 0.5) is 4.79 Å². The first-order valence-corrected chi connectivity index (χ1v) is 5.78. The first-order valence-electron chi connectivity index (χ1n) is 5.78. The van der Waals surface area contributed by atoms with Crippen LogP contribution in [0.5, 0.6) is 0 Å². The molecule has 2 amide bonds. The standard InChI is InChI=1S/C11H18N2O5/c1-12(7-9(14)18-2)11(17)13-6-4-3-5-8(13)10(15)16/h8H,3-7H2,1-2H3,(H,15,16). The van der Waals surface area contributed by atoms with Crippen molar-refractivity contribution in [3.63, 3.8) is 0 Å². The highest BCUT2D eigenvalue weighted by Gasteiger charge is 2.33. The smallest absolute Gasteiger partial charge is 0.326 e. The average molecular weight is 258 g/mol. The van der Waals surface area contributed by atoms with Crippen LogP contribution in [0.3, 0.4) is 0 Å². The quantitative estimate of drug-likeness (QED) is 0.728. The van der Waals surface area contributed by atoms with E-state index >= 15 is 0 Å². The number of ether oxygens (including phenoxy) is 1. The Hall–Kier alpha value is -1.79. The normalized spacial score (nSPS) is 19.2. The first-order chi connectivity index (χ1) is 8.47. The zero-order valence-corrected chi connectivity index (χ0v) is 10.6. The van der Waals surface area contributed by atoms with E-state index in [9.17, 15) is 14.4 Å². The number of piperidine rings is 1. The van der Waals surface area contributed by atoms with E-state index in [4.69, 9.17) is 5.11 Å². The predicted octanol–water partition coefficient (Wildman–Crippen LogP) is 0.150. The van der Waals surface area contributed by atoms with Crippen molar-refractivity contribution in [2.45, 2.75) is 25.3 Å². The Bertz CT molecular complexity index is 344. The summed E-state index contributed by atoms with van der Waals surface area (Å²) in [7, 11) is 2.69. The summed E-state index contributed by atoms with van der Waals surface area (Å²) in [5, 5.41) is 9.06. The summed E-state index contributed by atoms with van der Waals surface area (Å²) >= 11 is 0. The number of carbonyl (C=O) groups excluding carboxylic acids is 2. The lowest BCUT2D eigenvalue weighted by Gasteiger charge is -2.35. The molecule has 18 heavy (non-hydrogen) atoms. The molecule has 1 N–H and O–H groups in total. The van der Waals surface area contributed by atoms with Gasteiger partial charge in [0.1, 0.15) is 12.6 Å². The molecule has 0 bridgehead atoms. The lowest BCUT2D eigenvalue weighted by Crippen LogP contribution is -2.53. The number of hydrogen-bond acceptors (Lipinski definition) is 4. The van der Waals surface area contributed by atoms with Gasteiger partial charge in [-0.15, -0.1) is 0 Å². The van der Waals surface area contributed by atoms with Crippen LogP contribution < -0.4 is 0 Å². The van der Waals surface area contributed by atoms with Crippen LogP contribution in [0.15, 0.2) is 0 Å². The fourth-order valence-corrected chi connectivity index (χ4v) is 1.96. The highest BCUT2D eigenvalue weighted by atomic mass is 16.5. The fourth-order valence-electron chi connectivity index (χ4n) is 1.96. The number of carbonyl (C=O) groups is 3. The number of methoxy groups -OCH3 is 1. The van der Waals surface area contributed by atoms with Gasteiger partial charge in [0.2, 0.25) is 0 Å². The highest BCUT2D eigenvalue weighted by molar-refractivity contribution is 5.85. The van der Waals surface area contributed by atoms with E-state index < -0.39 is 24.0 Å². The number of amides is 2. The van der Waals surface area contributed by atoms with Crippen LogP contribution in [0.25, 0.3) is 0 Å². The van der Waals surface area contributed by atoms with Gasteiger partial charge in [-0.2, -0.15) is 0 Å². The molecule has 1 saturated heterocycles. The Kier molecular flexibility index (Phi) is 4.94. The minimum atomic E-state index is -1.01. The molecule has 0 spiro atoms. The van der Waals surface area contributed by atoms with Crippen molar-refractivity contribution >= 4 is 18.0 Å². The monoisotopic (exact) mass is 258 g/mol. The molecule has 0 saturated carbocycles. The SMILES string of the molecule is COC(=O)CN(C)C(=O)N1CCCCC1C(=O)O. The van der Waals surface area contributed by atoms with E-state index in [1.807, 2.05) is 0 Å². The average Bonchev–Trinajstić information content (AvgIpc) is 2.37. The van der Waals surface area contributed by atoms with Gasteiger partial charge in [0.05, 0.1) is 7.11 Å². The van der Waals surface area contributed by atoms with Gasteiger partial charge >= 0.3 is 18.0 Å². The lowest BCUT2D eigenvalue weighted by atomic mass is 10.0. The van der Waals surface area contributed by atoms with Crippen LogP contribution in [-0.4, -0.2) is 66.2 Å². The Morgan fingerprint density at radius 2 is 2.06 bits per heavy atom. The third kappa shape index (κ3) is 3.35. The molecule has 1 atom stereocenters. The van der Waals surface area contributed by atoms with E-state index in [0.29, 0.717) is 13.0 Å². The number of hydrogen-bond donors (Lipinski definition) is 1. The van der Waals surface area contributed by atoms with Crippen molar-refractivity contribution in [3.05, 3.63) is 0 Å². The number of rotatable bonds is 3. The molecule has 1 unspecified atom stereocenters. The van der Waals surface area contributed by atoms with Gasteiger partial charge in [-0.05, 0) is 19.3 Å². The van der Waals surface area contributed by atoms with Crippen LogP contribution in [0, 0.1) is 0 Å². The molecule has 0 aliphatic carbocycles. The minimum Gasteiger partial charge on any atom is -0.480 e. The maximum atomic E-state index is 12.0. The second-order valence-corrected chi connectivity index (χ2v) is 4.26. The molecule has 0 aromatic rings. The number of likely N-dealkylation sites (tertiary alicyclic amines) is 1. The second-order valence-electron chi connectivity index (χ2n) is 4.26. The number of likely N-dealkylation sites (N-methyl/N-ethyl adjacent to an activating group) is 1. The van der Waals surface area contributed by atoms with E-state index in [-0.39, 0.29) is 6.54 Å². The number of urea groups is 1. The van der Waals surface area contributed by atoms with Gasteiger partial charge in [-0.25, -0.2) is 9.59 Å². The lowest BCUT2D eigenvalue weighted by molar-refractivity contribution is -0.143. The molecule has 0 radical (unpaired) electrons. The number of carboxylic acid groups (broad SMARTS) is 1. The van der Waals surface area contributed by atoms with E-state index in [1.165, 1.54) is 24.0 Å². The van der Waals surface area contributed by atoms with Crippen molar-refractivity contribution in [1.29, 1.82) is 0 Å². The predicted molar refractivity (Wildman–Crippen MR) is 62.0 cm³/mol. The minimum absolute atomic E-state index is 0.182. The molecule has 1 heterocycles. The van der Waals surface area contributed by atoms with Gasteiger partial charge in [-0.1, -0.05) is 0 Å². The largest absolute Gasteiger partial charge is 0.480 e. The molecular formula is C11H18N2O5. The molecule has 1 aliphatic heterocycles. The number of aliphatic carboxylic acids is 1. The van der Waals surface area contributed by atoms with Crippen LogP contribution in [-0.2, 0) is 14.3 Å². The molecule has 7 heteroatoms. The topological polar surface area (TPSA) is 87.2 Å². The van der Waals surface area contributed by atoms with Gasteiger partial charge in [0.25, 0.3) is 0 Å². The Labute approximate surface area is 105 Å². The fraction of sp³-hybridized carbons (Fsp3) is 0.727. The molecule has 7 nitrogen and oxygen atoms in total. The second kappa shape index (κ2) is 6.23. The zero-order valence-electron chi connectivity index (χ0n) is 10.6. The maximum Gasteiger partial charge on any atom is 0.326 e. The van der Waals surface area contributed by atoms with Gasteiger partial charge < -0.3 is 19.6 Å². The van der Waals surface area contributed by atoms with Crippen molar-refractivity contribution in [2.75, 3.05) is 27.2 Å². The van der Waals surface area contributed by atoms with Gasteiger partial charge in [-0.3, -0.25) is 4.79 Å². The van der Waals surface area contributed by atoms with Crippen molar-refractivity contribution in [3.8, 4) is 0 Å². The van der Waals surface area contributed by atoms with E-state index in [2.05, 4.69) is 4.74 Å².